The number of para-hydroxylation sites is 1. The Morgan fingerprint density at radius 2 is 2.00 bits per heavy atom. The van der Waals surface area contributed by atoms with Crippen molar-refractivity contribution < 1.29 is 28.0 Å². The lowest BCUT2D eigenvalue weighted by Gasteiger charge is -2.41. The van der Waals surface area contributed by atoms with E-state index in [0.717, 1.165) is 12.1 Å². The summed E-state index contributed by atoms with van der Waals surface area (Å²) in [5.74, 6) is -3.03. The molecule has 4 rings (SSSR count). The maximum absolute atomic E-state index is 15.7. The van der Waals surface area contributed by atoms with Crippen LogP contribution in [0.4, 0.5) is 20.3 Å². The van der Waals surface area contributed by atoms with Crippen molar-refractivity contribution in [3.05, 3.63) is 65.7 Å². The first-order valence-corrected chi connectivity index (χ1v) is 13.8. The Bertz CT molecular complexity index is 1430. The molecule has 1 fully saturated rings. The molecule has 0 aliphatic carbocycles. The summed E-state index contributed by atoms with van der Waals surface area (Å²) in [6.07, 6.45) is 1.78. The Kier molecular flexibility index (Phi) is 8.97. The maximum atomic E-state index is 15.7. The van der Waals surface area contributed by atoms with E-state index in [0.29, 0.717) is 36.6 Å². The van der Waals surface area contributed by atoms with E-state index in [1.54, 1.807) is 29.2 Å². The zero-order valence-electron chi connectivity index (χ0n) is 21.8. The lowest BCUT2D eigenvalue weighted by atomic mass is 10.0. The van der Waals surface area contributed by atoms with E-state index in [2.05, 4.69) is 10.3 Å². The molecule has 2 aromatic carbocycles. The van der Waals surface area contributed by atoms with Crippen molar-refractivity contribution in [2.24, 2.45) is 10.7 Å². The summed E-state index contributed by atoms with van der Waals surface area (Å²) < 4.78 is 42.8. The van der Waals surface area contributed by atoms with E-state index in [1.165, 1.54) is 18.4 Å². The van der Waals surface area contributed by atoms with E-state index in [9.17, 15) is 23.6 Å². The number of phenolic OH excluding ortho intramolecular Hbond substituents is 1. The number of piperazine rings is 1. The molecule has 0 saturated carbocycles. The highest BCUT2D eigenvalue weighted by Crippen LogP contribution is 2.35. The highest BCUT2D eigenvalue weighted by Gasteiger charge is 2.33. The second kappa shape index (κ2) is 12.4. The minimum atomic E-state index is -1.43. The first-order valence-electron chi connectivity index (χ1n) is 12.2. The molecule has 2 amide bonds. The zero-order valence-corrected chi connectivity index (χ0v) is 22.6. The van der Waals surface area contributed by atoms with E-state index in [-0.39, 0.29) is 23.6 Å². The normalized spacial score (nSPS) is 17.0. The number of aliphatic imine (C=N–C) groups is 1. The van der Waals surface area contributed by atoms with Crippen molar-refractivity contribution in [3.63, 3.8) is 0 Å². The van der Waals surface area contributed by atoms with Gasteiger partial charge >= 0.3 is 0 Å². The minimum Gasteiger partial charge on any atom is -0.612 e. The molecule has 2 atom stereocenters. The number of pyridine rings is 1. The van der Waals surface area contributed by atoms with Crippen molar-refractivity contribution in [2.45, 2.75) is 17.4 Å². The Labute approximate surface area is 232 Å². The van der Waals surface area contributed by atoms with Gasteiger partial charge in [-0.05, 0) is 48.6 Å². The number of nitrogens with two attached hydrogens (primary N) is 1. The summed E-state index contributed by atoms with van der Waals surface area (Å²) in [5.41, 5.74) is 4.90. The second-order valence-corrected chi connectivity index (χ2v) is 10.6. The number of amides is 2. The number of primary amides is 1. The van der Waals surface area contributed by atoms with Crippen LogP contribution >= 0.6 is 0 Å². The molecule has 1 aromatic heterocycles. The Balaban J connectivity index is 1.99. The predicted octanol–water partition coefficient (Wildman–Crippen LogP) is 2.61. The highest BCUT2D eigenvalue weighted by molar-refractivity contribution is 7.90. The van der Waals surface area contributed by atoms with Crippen molar-refractivity contribution in [1.29, 1.82) is 0 Å². The number of phenols is 1. The largest absolute Gasteiger partial charge is 0.612 e. The third-order valence-corrected chi connectivity index (χ3v) is 7.40. The second-order valence-electron chi connectivity index (χ2n) is 9.25. The minimum absolute atomic E-state index is 0.0277. The number of nitrogens with one attached hydrogen (secondary N) is 1. The smallest absolute Gasteiger partial charge is 0.219 e. The summed E-state index contributed by atoms with van der Waals surface area (Å²) in [5, 5.41) is 12.7. The van der Waals surface area contributed by atoms with E-state index < -0.39 is 51.8 Å². The van der Waals surface area contributed by atoms with Crippen LogP contribution in [-0.2, 0) is 20.8 Å². The summed E-state index contributed by atoms with van der Waals surface area (Å²) in [6.45, 7) is 1.34. The summed E-state index contributed by atoms with van der Waals surface area (Å²) >= 11 is -1.43. The fourth-order valence-corrected chi connectivity index (χ4v) is 5.31. The van der Waals surface area contributed by atoms with Gasteiger partial charge in [-0.1, -0.05) is 18.2 Å². The van der Waals surface area contributed by atoms with Crippen LogP contribution < -0.4 is 11.1 Å². The van der Waals surface area contributed by atoms with Gasteiger partial charge in [0, 0.05) is 26.1 Å². The maximum Gasteiger partial charge on any atom is 0.219 e. The van der Waals surface area contributed by atoms with Crippen LogP contribution in [0.25, 0.3) is 11.3 Å². The van der Waals surface area contributed by atoms with E-state index >= 15 is 4.39 Å². The molecule has 4 N–H and O–H groups in total. The lowest BCUT2D eigenvalue weighted by molar-refractivity contribution is -0.119. The summed E-state index contributed by atoms with van der Waals surface area (Å²) in [4.78, 5) is 36.7. The van der Waals surface area contributed by atoms with Crippen LogP contribution in [0.5, 0.6) is 5.75 Å². The number of carbonyl (C=O) groups excluding carboxylic acids is 2. The van der Waals surface area contributed by atoms with Gasteiger partial charge in [-0.3, -0.25) is 9.59 Å². The highest BCUT2D eigenvalue weighted by atomic mass is 32.2. The molecule has 3 aromatic rings. The van der Waals surface area contributed by atoms with Gasteiger partial charge in [0.25, 0.3) is 0 Å². The number of benzene rings is 2. The number of aromatic hydroxyl groups is 1. The number of anilines is 1. The number of carbonyl (C=O) groups is 2. The number of hydrogen-bond donors (Lipinski definition) is 3. The van der Waals surface area contributed by atoms with Gasteiger partial charge in [0.05, 0.1) is 17.2 Å². The van der Waals surface area contributed by atoms with Gasteiger partial charge in [-0.15, -0.1) is 0 Å². The lowest BCUT2D eigenvalue weighted by Crippen LogP contribution is -2.55. The molecule has 0 spiro atoms. The average molecular weight is 571 g/mol. The number of likely N-dealkylation sites (N-methyl/N-ethyl adjacent to an activating group) is 1. The number of halogens is 2. The molecule has 40 heavy (non-hydrogen) atoms. The first kappa shape index (κ1) is 28.9. The Hall–Kier alpha value is -4.07. The molecule has 13 heteroatoms. The third-order valence-electron chi connectivity index (χ3n) is 6.44. The fourth-order valence-electron chi connectivity index (χ4n) is 4.63. The van der Waals surface area contributed by atoms with Crippen molar-refractivity contribution in [2.75, 3.05) is 38.3 Å². The molecular weight excluding hydrogens is 542 g/mol. The predicted molar refractivity (Wildman–Crippen MR) is 148 cm³/mol. The number of rotatable bonds is 8. The van der Waals surface area contributed by atoms with Gasteiger partial charge in [0.1, 0.15) is 40.9 Å². The van der Waals surface area contributed by atoms with Crippen molar-refractivity contribution >= 4 is 40.8 Å². The van der Waals surface area contributed by atoms with E-state index in [1.807, 2.05) is 11.9 Å². The van der Waals surface area contributed by atoms with Gasteiger partial charge in [0.2, 0.25) is 12.3 Å². The van der Waals surface area contributed by atoms with Crippen LogP contribution in [0.1, 0.15) is 12.0 Å². The van der Waals surface area contributed by atoms with Gasteiger partial charge in [0.15, 0.2) is 10.7 Å². The van der Waals surface area contributed by atoms with Crippen LogP contribution in [0.15, 0.2) is 58.4 Å². The quantitative estimate of drug-likeness (QED) is 0.163. The molecule has 1 saturated heterocycles. The third kappa shape index (κ3) is 6.22. The Morgan fingerprint density at radius 3 is 2.67 bits per heavy atom. The SMILES string of the molecule is CN1CCN(/C(=N/c2ccccc2[S+](C)[O-])c2cc(F)c(-c3c(O)cccc3F)nc2NC=O)C(CC(N)=O)C1. The molecule has 10 nitrogen and oxygen atoms in total. The average Bonchev–Trinajstić information content (AvgIpc) is 2.89. The molecule has 1 aliphatic rings. The van der Waals surface area contributed by atoms with Crippen LogP contribution in [0, 0.1) is 11.6 Å². The molecule has 210 valence electrons. The molecule has 1 aliphatic heterocycles. The van der Waals surface area contributed by atoms with Crippen LogP contribution in [0.2, 0.25) is 0 Å². The number of amidine groups is 1. The zero-order chi connectivity index (χ0) is 29.0. The van der Waals surface area contributed by atoms with Crippen LogP contribution in [-0.4, -0.2) is 81.6 Å². The molecule has 0 radical (unpaired) electrons. The summed E-state index contributed by atoms with van der Waals surface area (Å²) in [6, 6.07) is 10.7. The van der Waals surface area contributed by atoms with Crippen LogP contribution in [0.3, 0.4) is 0 Å². The Morgan fingerprint density at radius 1 is 1.25 bits per heavy atom. The first-order chi connectivity index (χ1) is 19.1. The number of nitrogens with zero attached hydrogens (tertiary/aromatic N) is 4. The standard InChI is InChI=1S/C27H28F2N6O4S/c1-34-10-11-35(16(14-34)12-23(30)38)27(32-20-7-3-4-9-22(20)40(2)39)17-13-19(29)25(33-26(17)31-15-36)24-18(28)6-5-8-21(24)37/h3-9,13,15-16,37H,10-12,14H2,1-2H3,(H2,30,38)(H,31,33,36)/b32-27+. The number of hydrogen-bond acceptors (Lipinski definition) is 7. The monoisotopic (exact) mass is 570 g/mol. The number of aromatic nitrogens is 1. The topological polar surface area (TPSA) is 147 Å². The fraction of sp³-hybridized carbons (Fsp3) is 0.259. The van der Waals surface area contributed by atoms with Gasteiger partial charge in [-0.2, -0.15) is 0 Å². The van der Waals surface area contributed by atoms with E-state index in [4.69, 9.17) is 10.7 Å². The summed E-state index contributed by atoms with van der Waals surface area (Å²) in [7, 11) is 1.88. The molecule has 0 bridgehead atoms. The van der Waals surface area contributed by atoms with Gasteiger partial charge < -0.3 is 30.5 Å². The van der Waals surface area contributed by atoms with Crippen molar-refractivity contribution in [1.82, 2.24) is 14.8 Å². The van der Waals surface area contributed by atoms with Crippen molar-refractivity contribution in [3.8, 4) is 17.0 Å². The molecule has 2 unspecified atom stereocenters. The molecule has 2 heterocycles. The van der Waals surface area contributed by atoms with Gasteiger partial charge in [-0.25, -0.2) is 18.8 Å². The molecular formula is C27H28F2N6O4S.